The zero-order valence-electron chi connectivity index (χ0n) is 15.9. The lowest BCUT2D eigenvalue weighted by atomic mass is 9.98. The Balaban J connectivity index is 1.45. The highest BCUT2D eigenvalue weighted by molar-refractivity contribution is 5.76. The number of para-hydroxylation sites is 1. The molecule has 1 fully saturated rings. The lowest BCUT2D eigenvalue weighted by Crippen LogP contribution is -2.53. The van der Waals surface area contributed by atoms with Crippen LogP contribution in [0.2, 0.25) is 0 Å². The number of piperidine rings is 1. The minimum Gasteiger partial charge on any atom is -0.354 e. The molecule has 5 heteroatoms. The van der Waals surface area contributed by atoms with Gasteiger partial charge in [0.15, 0.2) is 0 Å². The summed E-state index contributed by atoms with van der Waals surface area (Å²) in [6.07, 6.45) is 8.92. The van der Waals surface area contributed by atoms with Crippen LogP contribution in [0.5, 0.6) is 0 Å². The van der Waals surface area contributed by atoms with E-state index >= 15 is 0 Å². The Kier molecular flexibility index (Phi) is 6.09. The van der Waals surface area contributed by atoms with Crippen molar-refractivity contribution in [2.24, 2.45) is 0 Å². The van der Waals surface area contributed by atoms with Gasteiger partial charge in [-0.15, -0.1) is 0 Å². The number of hydrogen-bond donors (Lipinski definition) is 1. The second kappa shape index (κ2) is 8.49. The zero-order chi connectivity index (χ0) is 18.4. The molecule has 0 saturated carbocycles. The number of rotatable bonds is 7. The van der Waals surface area contributed by atoms with Crippen LogP contribution in [0.15, 0.2) is 42.7 Å². The number of likely N-dealkylation sites (tertiary alicyclic amines) is 1. The first-order chi connectivity index (χ1) is 12.5. The van der Waals surface area contributed by atoms with Gasteiger partial charge in [-0.25, -0.2) is 4.68 Å². The van der Waals surface area contributed by atoms with Gasteiger partial charge in [0.1, 0.15) is 0 Å². The summed E-state index contributed by atoms with van der Waals surface area (Å²) < 4.78 is 1.85. The zero-order valence-corrected chi connectivity index (χ0v) is 15.9. The summed E-state index contributed by atoms with van der Waals surface area (Å²) >= 11 is 0. The van der Waals surface area contributed by atoms with Crippen LogP contribution < -0.4 is 5.32 Å². The van der Waals surface area contributed by atoms with E-state index in [1.165, 1.54) is 19.3 Å². The summed E-state index contributed by atoms with van der Waals surface area (Å²) in [5.41, 5.74) is 2.14. The molecule has 0 radical (unpaired) electrons. The molecule has 0 unspecified atom stereocenters. The monoisotopic (exact) mass is 354 g/mol. The van der Waals surface area contributed by atoms with E-state index in [1.807, 2.05) is 47.4 Å². The fraction of sp³-hybridized carbons (Fsp3) is 0.524. The topological polar surface area (TPSA) is 50.2 Å². The molecule has 1 saturated heterocycles. The number of benzene rings is 1. The Bertz CT molecular complexity index is 702. The molecule has 1 aliphatic heterocycles. The third kappa shape index (κ3) is 4.94. The van der Waals surface area contributed by atoms with Crippen LogP contribution in [-0.2, 0) is 11.2 Å². The molecule has 1 amide bonds. The van der Waals surface area contributed by atoms with E-state index in [4.69, 9.17) is 0 Å². The van der Waals surface area contributed by atoms with Crippen molar-refractivity contribution < 1.29 is 4.79 Å². The molecule has 1 aliphatic rings. The summed E-state index contributed by atoms with van der Waals surface area (Å²) in [4.78, 5) is 14.8. The van der Waals surface area contributed by atoms with Gasteiger partial charge in [-0.2, -0.15) is 5.10 Å². The van der Waals surface area contributed by atoms with E-state index in [0.29, 0.717) is 19.4 Å². The molecule has 2 aromatic rings. The molecule has 0 bridgehead atoms. The van der Waals surface area contributed by atoms with Gasteiger partial charge in [-0.1, -0.05) is 24.6 Å². The van der Waals surface area contributed by atoms with Crippen LogP contribution in [0.3, 0.4) is 0 Å². The number of carbonyl (C=O) groups is 1. The Morgan fingerprint density at radius 1 is 1.15 bits per heavy atom. The van der Waals surface area contributed by atoms with Crippen molar-refractivity contribution in [3.05, 3.63) is 48.3 Å². The molecular weight excluding hydrogens is 324 g/mol. The van der Waals surface area contributed by atoms with E-state index in [2.05, 4.69) is 29.2 Å². The number of aryl methyl sites for hydroxylation is 1. The Labute approximate surface area is 156 Å². The number of nitrogens with one attached hydrogen (secondary N) is 1. The van der Waals surface area contributed by atoms with Gasteiger partial charge in [0.25, 0.3) is 0 Å². The van der Waals surface area contributed by atoms with Gasteiger partial charge in [0.2, 0.25) is 5.91 Å². The molecule has 5 nitrogen and oxygen atoms in total. The van der Waals surface area contributed by atoms with Crippen molar-refractivity contribution in [3.63, 3.8) is 0 Å². The average Bonchev–Trinajstić information content (AvgIpc) is 3.15. The van der Waals surface area contributed by atoms with Crippen molar-refractivity contribution >= 4 is 5.91 Å². The molecular formula is C21H30N4O. The normalized spacial score (nSPS) is 15.8. The van der Waals surface area contributed by atoms with Gasteiger partial charge in [0.05, 0.1) is 11.9 Å². The SMILES string of the molecule is CC(C)(CNC(=O)CCc1cnn(-c2ccccc2)c1)N1CCCCC1. The minimum atomic E-state index is 0.0221. The summed E-state index contributed by atoms with van der Waals surface area (Å²) in [6.45, 7) is 7.43. The van der Waals surface area contributed by atoms with Gasteiger partial charge in [-0.3, -0.25) is 9.69 Å². The summed E-state index contributed by atoms with van der Waals surface area (Å²) in [5, 5.41) is 7.51. The van der Waals surface area contributed by atoms with Crippen molar-refractivity contribution in [1.82, 2.24) is 20.0 Å². The molecule has 26 heavy (non-hydrogen) atoms. The van der Waals surface area contributed by atoms with Crippen LogP contribution in [-0.4, -0.2) is 45.8 Å². The minimum absolute atomic E-state index is 0.0221. The summed E-state index contributed by atoms with van der Waals surface area (Å²) in [5.74, 6) is 0.113. The van der Waals surface area contributed by atoms with Crippen molar-refractivity contribution in [1.29, 1.82) is 0 Å². The first-order valence-corrected chi connectivity index (χ1v) is 9.65. The Morgan fingerprint density at radius 3 is 2.62 bits per heavy atom. The molecule has 1 N–H and O–H groups in total. The largest absolute Gasteiger partial charge is 0.354 e. The fourth-order valence-electron chi connectivity index (χ4n) is 3.48. The first kappa shape index (κ1) is 18.6. The van der Waals surface area contributed by atoms with Crippen molar-refractivity contribution in [3.8, 4) is 5.69 Å². The van der Waals surface area contributed by atoms with Crippen molar-refractivity contribution in [2.45, 2.75) is 51.5 Å². The second-order valence-electron chi connectivity index (χ2n) is 7.77. The molecule has 140 valence electrons. The number of amides is 1. The van der Waals surface area contributed by atoms with Crippen LogP contribution in [0.25, 0.3) is 5.69 Å². The van der Waals surface area contributed by atoms with Gasteiger partial charge in [0, 0.05) is 24.7 Å². The van der Waals surface area contributed by atoms with Crippen LogP contribution in [0.1, 0.15) is 45.1 Å². The lowest BCUT2D eigenvalue weighted by molar-refractivity contribution is -0.121. The second-order valence-corrected chi connectivity index (χ2v) is 7.77. The van der Waals surface area contributed by atoms with E-state index in [-0.39, 0.29) is 11.4 Å². The third-order valence-electron chi connectivity index (χ3n) is 5.23. The maximum atomic E-state index is 12.3. The van der Waals surface area contributed by atoms with E-state index in [1.54, 1.807) is 0 Å². The van der Waals surface area contributed by atoms with Gasteiger partial charge in [-0.05, 0) is 63.9 Å². The number of nitrogens with zero attached hydrogens (tertiary/aromatic N) is 3. The van der Waals surface area contributed by atoms with E-state index < -0.39 is 0 Å². The van der Waals surface area contributed by atoms with Crippen LogP contribution >= 0.6 is 0 Å². The standard InChI is InChI=1S/C21H30N4O/c1-21(2,24-13-7-4-8-14-24)17-22-20(26)12-11-18-15-23-25(16-18)19-9-5-3-6-10-19/h3,5-6,9-10,15-16H,4,7-8,11-14,17H2,1-2H3,(H,22,26). The highest BCUT2D eigenvalue weighted by Gasteiger charge is 2.28. The van der Waals surface area contributed by atoms with E-state index in [9.17, 15) is 4.79 Å². The molecule has 1 aromatic heterocycles. The molecule has 3 rings (SSSR count). The number of carbonyl (C=O) groups excluding carboxylic acids is 1. The van der Waals surface area contributed by atoms with Crippen LogP contribution in [0, 0.1) is 0 Å². The summed E-state index contributed by atoms with van der Waals surface area (Å²) in [6, 6.07) is 10.0. The highest BCUT2D eigenvalue weighted by atomic mass is 16.1. The highest BCUT2D eigenvalue weighted by Crippen LogP contribution is 2.19. The molecule has 0 atom stereocenters. The third-order valence-corrected chi connectivity index (χ3v) is 5.23. The Morgan fingerprint density at radius 2 is 1.88 bits per heavy atom. The summed E-state index contributed by atoms with van der Waals surface area (Å²) in [7, 11) is 0. The molecule has 0 aliphatic carbocycles. The average molecular weight is 354 g/mol. The molecule has 1 aromatic carbocycles. The first-order valence-electron chi connectivity index (χ1n) is 9.65. The Hall–Kier alpha value is -2.14. The lowest BCUT2D eigenvalue weighted by Gasteiger charge is -2.41. The number of hydrogen-bond acceptors (Lipinski definition) is 3. The smallest absolute Gasteiger partial charge is 0.220 e. The fourth-order valence-corrected chi connectivity index (χ4v) is 3.48. The number of aromatic nitrogens is 2. The maximum Gasteiger partial charge on any atom is 0.220 e. The maximum absolute atomic E-state index is 12.3. The van der Waals surface area contributed by atoms with Gasteiger partial charge >= 0.3 is 0 Å². The molecule has 2 heterocycles. The van der Waals surface area contributed by atoms with Crippen LogP contribution in [0.4, 0.5) is 0 Å². The van der Waals surface area contributed by atoms with Gasteiger partial charge < -0.3 is 5.32 Å². The quantitative estimate of drug-likeness (QED) is 0.831. The molecule has 0 spiro atoms. The van der Waals surface area contributed by atoms with E-state index in [0.717, 1.165) is 24.3 Å². The van der Waals surface area contributed by atoms with Crippen molar-refractivity contribution in [2.75, 3.05) is 19.6 Å². The predicted octanol–water partition coefficient (Wildman–Crippen LogP) is 3.19. The predicted molar refractivity (Wildman–Crippen MR) is 104 cm³/mol.